The highest BCUT2D eigenvalue weighted by molar-refractivity contribution is 6.00. The van der Waals surface area contributed by atoms with Crippen LogP contribution in [0.25, 0.3) is 0 Å². The fraction of sp³-hybridized carbons (Fsp3) is 0.333. The summed E-state index contributed by atoms with van der Waals surface area (Å²) >= 11 is 0. The minimum absolute atomic E-state index is 0.145. The normalized spacial score (nSPS) is 16.5. The zero-order valence-corrected chi connectivity index (χ0v) is 12.4. The Morgan fingerprint density at radius 3 is 2.86 bits per heavy atom. The third-order valence-electron chi connectivity index (χ3n) is 3.58. The second-order valence-corrected chi connectivity index (χ2v) is 5.56. The van der Waals surface area contributed by atoms with Crippen molar-refractivity contribution in [1.82, 2.24) is 20.5 Å². The molecule has 1 aliphatic heterocycles. The number of nitrogens with one attached hydrogen (secondary N) is 3. The average Bonchev–Trinajstić information content (AvgIpc) is 3.06. The van der Waals surface area contributed by atoms with Gasteiger partial charge in [0.1, 0.15) is 5.82 Å². The second-order valence-electron chi connectivity index (χ2n) is 5.56. The van der Waals surface area contributed by atoms with Crippen molar-refractivity contribution >= 4 is 17.8 Å². The van der Waals surface area contributed by atoms with Crippen molar-refractivity contribution in [2.24, 2.45) is 0 Å². The molecule has 22 heavy (non-hydrogen) atoms. The molecule has 3 rings (SSSR count). The topological polar surface area (TPSA) is 99.8 Å². The van der Waals surface area contributed by atoms with Crippen molar-refractivity contribution in [2.45, 2.75) is 32.2 Å². The SMILES string of the molecule is CC(C)c1nc(NC(=O)CC2NC(=O)c3ccccc32)n[nH]1. The monoisotopic (exact) mass is 299 g/mol. The number of aromatic nitrogens is 3. The summed E-state index contributed by atoms with van der Waals surface area (Å²) in [5.74, 6) is 0.796. The fourth-order valence-corrected chi connectivity index (χ4v) is 2.43. The maximum Gasteiger partial charge on any atom is 0.252 e. The smallest absolute Gasteiger partial charge is 0.252 e. The van der Waals surface area contributed by atoms with Crippen LogP contribution in [0.2, 0.25) is 0 Å². The Hall–Kier alpha value is -2.70. The van der Waals surface area contributed by atoms with Crippen LogP contribution in [-0.2, 0) is 4.79 Å². The number of nitrogens with zero attached hydrogens (tertiary/aromatic N) is 2. The van der Waals surface area contributed by atoms with Gasteiger partial charge in [0.2, 0.25) is 11.9 Å². The summed E-state index contributed by atoms with van der Waals surface area (Å²) in [6.45, 7) is 3.97. The van der Waals surface area contributed by atoms with Crippen LogP contribution >= 0.6 is 0 Å². The number of H-pyrrole nitrogens is 1. The average molecular weight is 299 g/mol. The van der Waals surface area contributed by atoms with E-state index in [0.717, 1.165) is 11.4 Å². The van der Waals surface area contributed by atoms with E-state index < -0.39 is 0 Å². The molecular formula is C15H17N5O2. The zero-order chi connectivity index (χ0) is 15.7. The second kappa shape index (κ2) is 5.59. The van der Waals surface area contributed by atoms with Crippen LogP contribution in [0.1, 0.15) is 54.0 Å². The number of benzene rings is 1. The van der Waals surface area contributed by atoms with E-state index in [0.29, 0.717) is 5.56 Å². The van der Waals surface area contributed by atoms with Gasteiger partial charge in [-0.05, 0) is 11.6 Å². The van der Waals surface area contributed by atoms with E-state index in [1.807, 2.05) is 32.0 Å². The molecule has 114 valence electrons. The number of carbonyl (C=O) groups is 2. The van der Waals surface area contributed by atoms with Crippen molar-refractivity contribution in [1.29, 1.82) is 0 Å². The third kappa shape index (κ3) is 2.69. The van der Waals surface area contributed by atoms with Gasteiger partial charge in [-0.15, -0.1) is 5.10 Å². The lowest BCUT2D eigenvalue weighted by Gasteiger charge is -2.10. The maximum absolute atomic E-state index is 12.1. The van der Waals surface area contributed by atoms with Gasteiger partial charge in [-0.3, -0.25) is 20.0 Å². The molecule has 1 aliphatic rings. The molecule has 0 saturated carbocycles. The standard InChI is InChI=1S/C15H17N5O2/c1-8(2)13-18-15(20-19-13)17-12(21)7-11-9-5-3-4-6-10(9)14(22)16-11/h3-6,8,11H,7H2,1-2H3,(H,16,22)(H2,17,18,19,20,21). The van der Waals surface area contributed by atoms with E-state index in [9.17, 15) is 9.59 Å². The molecule has 7 heteroatoms. The van der Waals surface area contributed by atoms with E-state index >= 15 is 0 Å². The number of amides is 2. The van der Waals surface area contributed by atoms with Crippen molar-refractivity contribution in [2.75, 3.05) is 5.32 Å². The molecule has 7 nitrogen and oxygen atoms in total. The molecule has 3 N–H and O–H groups in total. The Labute approximate surface area is 127 Å². The van der Waals surface area contributed by atoms with Crippen LogP contribution in [0, 0.1) is 0 Å². The van der Waals surface area contributed by atoms with Crippen LogP contribution in [0.5, 0.6) is 0 Å². The highest BCUT2D eigenvalue weighted by Gasteiger charge is 2.29. The van der Waals surface area contributed by atoms with Gasteiger partial charge in [0, 0.05) is 11.5 Å². The predicted octanol–water partition coefficient (Wildman–Crippen LogP) is 1.74. The summed E-state index contributed by atoms with van der Waals surface area (Å²) in [5.41, 5.74) is 1.47. The lowest BCUT2D eigenvalue weighted by molar-refractivity contribution is -0.116. The van der Waals surface area contributed by atoms with E-state index in [-0.39, 0.29) is 36.1 Å². The summed E-state index contributed by atoms with van der Waals surface area (Å²) < 4.78 is 0. The van der Waals surface area contributed by atoms with Crippen molar-refractivity contribution in [3.05, 3.63) is 41.2 Å². The van der Waals surface area contributed by atoms with Gasteiger partial charge in [-0.2, -0.15) is 4.98 Å². The largest absolute Gasteiger partial charge is 0.345 e. The highest BCUT2D eigenvalue weighted by atomic mass is 16.2. The minimum Gasteiger partial charge on any atom is -0.345 e. The number of fused-ring (bicyclic) bond motifs is 1. The number of hydrogen-bond donors (Lipinski definition) is 3. The van der Waals surface area contributed by atoms with Crippen LogP contribution in [0.3, 0.4) is 0 Å². The Kier molecular flexibility index (Phi) is 3.62. The number of anilines is 1. The summed E-state index contributed by atoms with van der Waals surface area (Å²) in [5, 5.41) is 12.2. The fourth-order valence-electron chi connectivity index (χ4n) is 2.43. The Morgan fingerprint density at radius 2 is 2.14 bits per heavy atom. The number of carbonyl (C=O) groups excluding carboxylic acids is 2. The van der Waals surface area contributed by atoms with E-state index in [4.69, 9.17) is 0 Å². The maximum atomic E-state index is 12.1. The Balaban J connectivity index is 1.66. The molecule has 1 aromatic heterocycles. The van der Waals surface area contributed by atoms with Crippen molar-refractivity contribution in [3.63, 3.8) is 0 Å². The number of rotatable bonds is 4. The van der Waals surface area contributed by atoms with Crippen molar-refractivity contribution in [3.8, 4) is 0 Å². The summed E-state index contributed by atoms with van der Waals surface area (Å²) in [7, 11) is 0. The van der Waals surface area contributed by atoms with Gasteiger partial charge in [0.15, 0.2) is 0 Å². The Morgan fingerprint density at radius 1 is 1.36 bits per heavy atom. The van der Waals surface area contributed by atoms with E-state index in [2.05, 4.69) is 25.8 Å². The van der Waals surface area contributed by atoms with Crippen LogP contribution in [0.4, 0.5) is 5.95 Å². The van der Waals surface area contributed by atoms with Gasteiger partial charge in [-0.25, -0.2) is 0 Å². The lowest BCUT2D eigenvalue weighted by atomic mass is 10.0. The summed E-state index contributed by atoms with van der Waals surface area (Å²) in [6, 6.07) is 6.96. The molecule has 1 atom stereocenters. The first-order valence-electron chi connectivity index (χ1n) is 7.16. The molecule has 2 amide bonds. The first kappa shape index (κ1) is 14.2. The minimum atomic E-state index is -0.313. The van der Waals surface area contributed by atoms with Gasteiger partial charge < -0.3 is 5.32 Å². The van der Waals surface area contributed by atoms with E-state index in [1.165, 1.54) is 0 Å². The molecule has 0 saturated heterocycles. The van der Waals surface area contributed by atoms with Gasteiger partial charge in [0.25, 0.3) is 5.91 Å². The molecule has 1 unspecified atom stereocenters. The van der Waals surface area contributed by atoms with Gasteiger partial charge in [-0.1, -0.05) is 32.0 Å². The van der Waals surface area contributed by atoms with E-state index in [1.54, 1.807) is 6.07 Å². The molecule has 2 heterocycles. The highest BCUT2D eigenvalue weighted by Crippen LogP contribution is 2.27. The predicted molar refractivity (Wildman–Crippen MR) is 80.4 cm³/mol. The zero-order valence-electron chi connectivity index (χ0n) is 12.4. The first-order valence-corrected chi connectivity index (χ1v) is 7.16. The lowest BCUT2D eigenvalue weighted by Crippen LogP contribution is -2.24. The molecule has 1 aromatic carbocycles. The number of hydrogen-bond acceptors (Lipinski definition) is 4. The Bertz CT molecular complexity index is 722. The molecular weight excluding hydrogens is 282 g/mol. The summed E-state index contributed by atoms with van der Waals surface area (Å²) in [4.78, 5) is 28.1. The van der Waals surface area contributed by atoms with Gasteiger partial charge in [0.05, 0.1) is 12.5 Å². The third-order valence-corrected chi connectivity index (χ3v) is 3.58. The van der Waals surface area contributed by atoms with Crippen molar-refractivity contribution < 1.29 is 9.59 Å². The quantitative estimate of drug-likeness (QED) is 0.800. The number of aromatic amines is 1. The van der Waals surface area contributed by atoms with Crippen LogP contribution < -0.4 is 10.6 Å². The summed E-state index contributed by atoms with van der Waals surface area (Å²) in [6.07, 6.45) is 0.147. The molecule has 0 spiro atoms. The molecule has 2 aromatic rings. The first-order chi connectivity index (χ1) is 10.5. The molecule has 0 radical (unpaired) electrons. The molecule has 0 aliphatic carbocycles. The van der Waals surface area contributed by atoms with Crippen LogP contribution in [0.15, 0.2) is 24.3 Å². The van der Waals surface area contributed by atoms with Crippen LogP contribution in [-0.4, -0.2) is 27.0 Å². The van der Waals surface area contributed by atoms with Gasteiger partial charge >= 0.3 is 0 Å². The molecule has 0 fully saturated rings. The molecule has 0 bridgehead atoms.